The van der Waals surface area contributed by atoms with Gasteiger partial charge in [0.25, 0.3) is 5.91 Å². The van der Waals surface area contributed by atoms with Gasteiger partial charge < -0.3 is 25.1 Å². The first-order valence-corrected chi connectivity index (χ1v) is 19.7. The van der Waals surface area contributed by atoms with Gasteiger partial charge in [0.1, 0.15) is 6.61 Å². The summed E-state index contributed by atoms with van der Waals surface area (Å²) in [6.45, 7) is 6.93. The van der Waals surface area contributed by atoms with E-state index in [-0.39, 0.29) is 42.3 Å². The molecular formula is C40H61N6O5+. The topological polar surface area (TPSA) is 126 Å². The molecule has 4 fully saturated rings. The number of carbonyl (C=O) groups is 3. The molecule has 3 unspecified atom stereocenters. The minimum atomic E-state index is -0.773. The lowest BCUT2D eigenvalue weighted by atomic mass is 9.71. The zero-order valence-electron chi connectivity index (χ0n) is 31.1. The quantitative estimate of drug-likeness (QED) is 0.204. The maximum Gasteiger partial charge on any atom is 0.456 e. The number of hydrogen-bond acceptors (Lipinski definition) is 7. The molecule has 4 atom stereocenters. The SMILES string of the molecule is CC(C)(CNC(=O)C(CC1CCC(OCC2CCCCN2)CC1)[N+]1(C)C(=O)[C@H](Cc2cnc[nH]2)N1C(=O)OCc1ccccc1)C1CCCCC1. The molecule has 1 aromatic carbocycles. The van der Waals surface area contributed by atoms with Crippen LogP contribution >= 0.6 is 0 Å². The number of aromatic amines is 1. The van der Waals surface area contributed by atoms with Gasteiger partial charge >= 0.3 is 12.0 Å². The molecule has 51 heavy (non-hydrogen) atoms. The van der Waals surface area contributed by atoms with Gasteiger partial charge in [0.05, 0.1) is 26.1 Å². The fraction of sp³-hybridized carbons (Fsp3) is 0.700. The van der Waals surface area contributed by atoms with Crippen molar-refractivity contribution in [1.29, 1.82) is 0 Å². The number of amides is 3. The number of H-pyrrole nitrogens is 1. The summed E-state index contributed by atoms with van der Waals surface area (Å²) in [5.74, 6) is 0.446. The molecule has 280 valence electrons. The lowest BCUT2D eigenvalue weighted by molar-refractivity contribution is -0.990. The van der Waals surface area contributed by atoms with E-state index in [9.17, 15) is 14.4 Å². The van der Waals surface area contributed by atoms with Crippen molar-refractivity contribution in [3.05, 3.63) is 54.1 Å². The van der Waals surface area contributed by atoms with Crippen molar-refractivity contribution in [2.45, 2.75) is 135 Å². The van der Waals surface area contributed by atoms with Crippen LogP contribution in [0.1, 0.15) is 109 Å². The number of aromatic nitrogens is 2. The molecule has 3 heterocycles. The third-order valence-electron chi connectivity index (χ3n) is 12.5. The number of imidazole rings is 1. The molecule has 2 saturated heterocycles. The molecule has 2 saturated carbocycles. The first-order valence-electron chi connectivity index (χ1n) is 19.7. The van der Waals surface area contributed by atoms with Gasteiger partial charge in [-0.15, -0.1) is 9.60 Å². The number of carbonyl (C=O) groups excluding carboxylic acids is 3. The predicted molar refractivity (Wildman–Crippen MR) is 195 cm³/mol. The second-order valence-electron chi connectivity index (χ2n) is 16.5. The van der Waals surface area contributed by atoms with E-state index in [4.69, 9.17) is 9.47 Å². The predicted octanol–water partition coefficient (Wildman–Crippen LogP) is 6.06. The van der Waals surface area contributed by atoms with Gasteiger partial charge in [-0.1, -0.05) is 69.9 Å². The van der Waals surface area contributed by atoms with Gasteiger partial charge in [-0.2, -0.15) is 0 Å². The van der Waals surface area contributed by atoms with Crippen molar-refractivity contribution < 1.29 is 28.4 Å². The Labute approximate surface area is 304 Å². The minimum absolute atomic E-state index is 0.0712. The average Bonchev–Trinajstić information content (AvgIpc) is 3.69. The molecule has 3 amide bonds. The Kier molecular flexibility index (Phi) is 12.5. The minimum Gasteiger partial charge on any atom is -0.441 e. The number of likely N-dealkylation sites (N-methyl/N-ethyl adjacent to an activating group) is 1. The summed E-state index contributed by atoms with van der Waals surface area (Å²) in [6, 6.07) is 8.42. The fourth-order valence-electron chi connectivity index (χ4n) is 9.08. The standard InChI is InChI=1S/C40H60N6O5/c1-40(2,31-14-8-5-9-15-31)27-43-37(47)36(22-29-17-19-34(20-18-29)50-26-32-16-10-11-21-42-32)46(3)38(48)35(23-33-24-41-28-44-33)45(46)39(49)51-25-30-12-6-4-7-13-30/h4,6-7,12-13,24,28-29,31-32,34-36,42H,5,8-11,14-23,25-27H2,1-3H3,(H-,41,43,44,47)/p+1/t29?,32?,34?,35-,36?,46?/m0/s1. The molecule has 0 spiro atoms. The van der Waals surface area contributed by atoms with Crippen molar-refractivity contribution in [3.8, 4) is 0 Å². The van der Waals surface area contributed by atoms with Crippen LogP contribution in [-0.4, -0.2) is 88.5 Å². The summed E-state index contributed by atoms with van der Waals surface area (Å²) >= 11 is 0. The molecule has 0 radical (unpaired) electrons. The normalized spacial score (nSPS) is 28.1. The van der Waals surface area contributed by atoms with Crippen molar-refractivity contribution in [3.63, 3.8) is 0 Å². The summed E-state index contributed by atoms with van der Waals surface area (Å²) in [6.07, 6.45) is 17.1. The molecule has 4 aliphatic rings. The first kappa shape index (κ1) is 37.5. The lowest BCUT2D eigenvalue weighted by Gasteiger charge is -2.55. The van der Waals surface area contributed by atoms with E-state index in [1.54, 1.807) is 19.6 Å². The van der Waals surface area contributed by atoms with E-state index in [1.807, 2.05) is 30.3 Å². The smallest absolute Gasteiger partial charge is 0.441 e. The maximum atomic E-state index is 14.5. The molecule has 3 N–H and O–H groups in total. The maximum absolute atomic E-state index is 14.5. The summed E-state index contributed by atoms with van der Waals surface area (Å²) < 4.78 is 11.8. The number of quaternary nitrogens is 1. The highest BCUT2D eigenvalue weighted by Crippen LogP contribution is 2.41. The van der Waals surface area contributed by atoms with Crippen molar-refractivity contribution in [2.75, 3.05) is 26.7 Å². The monoisotopic (exact) mass is 705 g/mol. The van der Waals surface area contributed by atoms with E-state index < -0.39 is 22.8 Å². The highest BCUT2D eigenvalue weighted by atomic mass is 16.6. The van der Waals surface area contributed by atoms with Crippen LogP contribution in [0.25, 0.3) is 0 Å². The number of ether oxygens (including phenoxy) is 2. The first-order chi connectivity index (χ1) is 24.6. The summed E-state index contributed by atoms with van der Waals surface area (Å²) in [5, 5.41) is 8.40. The van der Waals surface area contributed by atoms with Crippen molar-refractivity contribution in [2.24, 2.45) is 17.3 Å². The van der Waals surface area contributed by atoms with Crippen LogP contribution < -0.4 is 10.6 Å². The van der Waals surface area contributed by atoms with Crippen LogP contribution in [0, 0.1) is 17.3 Å². The molecule has 6 rings (SSSR count). The summed E-state index contributed by atoms with van der Waals surface area (Å²) in [4.78, 5) is 50.2. The van der Waals surface area contributed by atoms with Crippen LogP contribution in [0.4, 0.5) is 4.79 Å². The van der Waals surface area contributed by atoms with E-state index in [2.05, 4.69) is 34.4 Å². The second-order valence-corrected chi connectivity index (χ2v) is 16.5. The Balaban J connectivity index is 1.19. The fourth-order valence-corrected chi connectivity index (χ4v) is 9.08. The molecule has 1 aromatic heterocycles. The van der Waals surface area contributed by atoms with Gasteiger partial charge in [0.15, 0.2) is 6.04 Å². The molecule has 2 aliphatic heterocycles. The second kappa shape index (κ2) is 17.0. The van der Waals surface area contributed by atoms with Crippen molar-refractivity contribution >= 4 is 17.9 Å². The molecule has 2 aromatic rings. The van der Waals surface area contributed by atoms with E-state index in [1.165, 1.54) is 56.4 Å². The zero-order valence-corrected chi connectivity index (χ0v) is 31.1. The van der Waals surface area contributed by atoms with E-state index in [0.717, 1.165) is 50.1 Å². The highest BCUT2D eigenvalue weighted by Gasteiger charge is 2.68. The van der Waals surface area contributed by atoms with Crippen LogP contribution in [0.2, 0.25) is 0 Å². The molecule has 2 aliphatic carbocycles. The highest BCUT2D eigenvalue weighted by molar-refractivity contribution is 5.90. The zero-order chi connectivity index (χ0) is 35.8. The molecule has 11 nitrogen and oxygen atoms in total. The molecular weight excluding hydrogens is 644 g/mol. The van der Waals surface area contributed by atoms with E-state index >= 15 is 0 Å². The van der Waals surface area contributed by atoms with Crippen LogP contribution in [0.15, 0.2) is 42.9 Å². The Hall–Kier alpha value is -3.28. The number of nitrogens with zero attached hydrogens (tertiary/aromatic N) is 3. The lowest BCUT2D eigenvalue weighted by Crippen LogP contribution is -2.85. The number of piperidine rings is 1. The van der Waals surface area contributed by atoms with Crippen LogP contribution in [-0.2, 0) is 32.1 Å². The Bertz CT molecular complexity index is 1420. The number of nitrogens with one attached hydrogen (secondary N) is 3. The van der Waals surface area contributed by atoms with Gasteiger partial charge in [-0.3, -0.25) is 4.79 Å². The average molecular weight is 706 g/mol. The van der Waals surface area contributed by atoms with Crippen LogP contribution in [0.5, 0.6) is 0 Å². The van der Waals surface area contributed by atoms with Gasteiger partial charge in [-0.25, -0.2) is 14.6 Å². The van der Waals surface area contributed by atoms with Gasteiger partial charge in [0, 0.05) is 37.3 Å². The van der Waals surface area contributed by atoms with Gasteiger partial charge in [-0.05, 0) is 80.7 Å². The van der Waals surface area contributed by atoms with Crippen molar-refractivity contribution in [1.82, 2.24) is 25.6 Å². The Morgan fingerprint density at radius 2 is 1.76 bits per heavy atom. The third kappa shape index (κ3) is 9.03. The third-order valence-corrected chi connectivity index (χ3v) is 12.5. The largest absolute Gasteiger partial charge is 0.456 e. The van der Waals surface area contributed by atoms with Crippen LogP contribution in [0.3, 0.4) is 0 Å². The molecule has 11 heteroatoms. The Morgan fingerprint density at radius 3 is 2.45 bits per heavy atom. The summed E-state index contributed by atoms with van der Waals surface area (Å²) in [7, 11) is 1.73. The number of rotatable bonds is 14. The van der Waals surface area contributed by atoms with Gasteiger partial charge in [0.2, 0.25) is 6.04 Å². The Morgan fingerprint density at radius 1 is 1.02 bits per heavy atom. The van der Waals surface area contributed by atoms with E-state index in [0.29, 0.717) is 24.9 Å². The molecule has 0 bridgehead atoms. The number of hydrogen-bond donors (Lipinski definition) is 3. The number of benzene rings is 1. The summed E-state index contributed by atoms with van der Waals surface area (Å²) in [5.41, 5.74) is 1.53.